The zero-order chi connectivity index (χ0) is 13.5. The van der Waals surface area contributed by atoms with Gasteiger partial charge in [0.15, 0.2) is 0 Å². The summed E-state index contributed by atoms with van der Waals surface area (Å²) in [6.45, 7) is 2.52. The van der Waals surface area contributed by atoms with Crippen LogP contribution < -0.4 is 5.73 Å². The Morgan fingerprint density at radius 3 is 2.67 bits per heavy atom. The van der Waals surface area contributed by atoms with Crippen LogP contribution in [0.1, 0.15) is 30.1 Å². The number of amides is 2. The molecule has 0 saturated heterocycles. The predicted octanol–water partition coefficient (Wildman–Crippen LogP) is 1.70. The Balaban J connectivity index is 2.83. The molecule has 0 bridgehead atoms. The third-order valence-electron chi connectivity index (χ3n) is 2.51. The number of nitrogens with zero attached hydrogens (tertiary/aromatic N) is 1. The molecule has 0 aliphatic carbocycles. The monoisotopic (exact) mass is 266 g/mol. The molecule has 18 heavy (non-hydrogen) atoms. The summed E-state index contributed by atoms with van der Waals surface area (Å²) in [6.07, 6.45) is 1.80. The summed E-state index contributed by atoms with van der Waals surface area (Å²) in [7, 11) is 0. The number of benzene rings is 1. The van der Waals surface area contributed by atoms with Crippen molar-refractivity contribution < 1.29 is 9.59 Å². The summed E-state index contributed by atoms with van der Waals surface area (Å²) in [5.74, 6) is -0.681. The highest BCUT2D eigenvalue weighted by molar-refractivity contribution is 7.80. The zero-order valence-corrected chi connectivity index (χ0v) is 11.3. The molecule has 0 aromatic heterocycles. The van der Waals surface area contributed by atoms with Crippen LogP contribution in [0.25, 0.3) is 0 Å². The van der Waals surface area contributed by atoms with Crippen LogP contribution >= 0.6 is 12.6 Å². The van der Waals surface area contributed by atoms with Gasteiger partial charge in [0, 0.05) is 17.0 Å². The minimum atomic E-state index is -0.499. The smallest absolute Gasteiger partial charge is 0.254 e. The summed E-state index contributed by atoms with van der Waals surface area (Å²) in [5.41, 5.74) is 5.69. The SMILES string of the molecule is CCCCN(CC(N)=O)C(=O)c1cccc(S)c1. The Hall–Kier alpha value is -1.49. The highest BCUT2D eigenvalue weighted by atomic mass is 32.1. The molecule has 0 unspecified atom stereocenters. The van der Waals surface area contributed by atoms with Crippen LogP contribution in [-0.4, -0.2) is 29.8 Å². The van der Waals surface area contributed by atoms with E-state index in [2.05, 4.69) is 12.6 Å². The molecule has 1 aromatic rings. The summed E-state index contributed by atoms with van der Waals surface area (Å²) in [6, 6.07) is 6.95. The van der Waals surface area contributed by atoms with E-state index in [4.69, 9.17) is 5.73 Å². The van der Waals surface area contributed by atoms with Crippen LogP contribution in [0.3, 0.4) is 0 Å². The third kappa shape index (κ3) is 4.41. The fourth-order valence-electron chi connectivity index (χ4n) is 1.61. The molecule has 2 N–H and O–H groups in total. The van der Waals surface area contributed by atoms with E-state index in [1.165, 1.54) is 4.90 Å². The van der Waals surface area contributed by atoms with Crippen LogP contribution in [0.4, 0.5) is 0 Å². The van der Waals surface area contributed by atoms with E-state index in [1.54, 1.807) is 24.3 Å². The first-order valence-corrected chi connectivity index (χ1v) is 6.36. The molecule has 0 atom stereocenters. The first kappa shape index (κ1) is 14.6. The van der Waals surface area contributed by atoms with E-state index in [-0.39, 0.29) is 12.5 Å². The molecule has 1 aromatic carbocycles. The van der Waals surface area contributed by atoms with Gasteiger partial charge in [-0.25, -0.2) is 0 Å². The van der Waals surface area contributed by atoms with Crippen molar-refractivity contribution in [1.29, 1.82) is 0 Å². The number of unbranched alkanes of at least 4 members (excludes halogenated alkanes) is 1. The van der Waals surface area contributed by atoms with Gasteiger partial charge in [-0.1, -0.05) is 19.4 Å². The van der Waals surface area contributed by atoms with E-state index in [1.807, 2.05) is 6.92 Å². The van der Waals surface area contributed by atoms with Crippen LogP contribution in [0.5, 0.6) is 0 Å². The van der Waals surface area contributed by atoms with Gasteiger partial charge in [0.05, 0.1) is 6.54 Å². The summed E-state index contributed by atoms with van der Waals surface area (Å²) >= 11 is 4.20. The minimum Gasteiger partial charge on any atom is -0.368 e. The Bertz CT molecular complexity index is 435. The second-order valence-corrected chi connectivity index (χ2v) is 4.61. The van der Waals surface area contributed by atoms with E-state index in [9.17, 15) is 9.59 Å². The lowest BCUT2D eigenvalue weighted by Crippen LogP contribution is -2.39. The largest absolute Gasteiger partial charge is 0.368 e. The molecule has 98 valence electrons. The second kappa shape index (κ2) is 7.06. The Morgan fingerprint density at radius 1 is 1.39 bits per heavy atom. The molecular formula is C13H18N2O2S. The van der Waals surface area contributed by atoms with Gasteiger partial charge in [-0.05, 0) is 24.6 Å². The maximum absolute atomic E-state index is 12.2. The highest BCUT2D eigenvalue weighted by Gasteiger charge is 2.17. The fourth-order valence-corrected chi connectivity index (χ4v) is 1.84. The van der Waals surface area contributed by atoms with Crippen molar-refractivity contribution in [3.8, 4) is 0 Å². The van der Waals surface area contributed by atoms with Gasteiger partial charge in [0.25, 0.3) is 5.91 Å². The average molecular weight is 266 g/mol. The predicted molar refractivity (Wildman–Crippen MR) is 73.7 cm³/mol. The van der Waals surface area contributed by atoms with Gasteiger partial charge < -0.3 is 10.6 Å². The number of thiol groups is 1. The van der Waals surface area contributed by atoms with Crippen molar-refractivity contribution in [3.63, 3.8) is 0 Å². The number of nitrogens with two attached hydrogens (primary N) is 1. The number of carbonyl (C=O) groups is 2. The van der Waals surface area contributed by atoms with Gasteiger partial charge in [-0.3, -0.25) is 9.59 Å². The number of primary amides is 1. The lowest BCUT2D eigenvalue weighted by molar-refractivity contribution is -0.118. The quantitative estimate of drug-likeness (QED) is 0.770. The van der Waals surface area contributed by atoms with Crippen molar-refractivity contribution >= 4 is 24.4 Å². The molecule has 5 heteroatoms. The molecule has 0 aliphatic heterocycles. The van der Waals surface area contributed by atoms with Crippen molar-refractivity contribution in [1.82, 2.24) is 4.90 Å². The summed E-state index contributed by atoms with van der Waals surface area (Å²) in [5, 5.41) is 0. The van der Waals surface area contributed by atoms with E-state index in [0.29, 0.717) is 12.1 Å². The maximum Gasteiger partial charge on any atom is 0.254 e. The molecule has 4 nitrogen and oxygen atoms in total. The molecule has 1 rings (SSSR count). The van der Waals surface area contributed by atoms with E-state index >= 15 is 0 Å². The number of carbonyl (C=O) groups excluding carboxylic acids is 2. The second-order valence-electron chi connectivity index (χ2n) is 4.10. The highest BCUT2D eigenvalue weighted by Crippen LogP contribution is 2.11. The van der Waals surface area contributed by atoms with Crippen molar-refractivity contribution in [2.75, 3.05) is 13.1 Å². The van der Waals surface area contributed by atoms with E-state index in [0.717, 1.165) is 17.7 Å². The van der Waals surface area contributed by atoms with E-state index < -0.39 is 5.91 Å². The van der Waals surface area contributed by atoms with Crippen molar-refractivity contribution in [2.24, 2.45) is 5.73 Å². The maximum atomic E-state index is 12.2. The normalized spacial score (nSPS) is 10.1. The van der Waals surface area contributed by atoms with Crippen molar-refractivity contribution in [2.45, 2.75) is 24.7 Å². The fraction of sp³-hybridized carbons (Fsp3) is 0.385. The van der Waals surface area contributed by atoms with Crippen molar-refractivity contribution in [3.05, 3.63) is 29.8 Å². The standard InChI is InChI=1S/C13H18N2O2S/c1-2-3-7-15(9-12(14)16)13(17)10-5-4-6-11(18)8-10/h4-6,8,18H,2-3,7,9H2,1H3,(H2,14,16). The molecular weight excluding hydrogens is 248 g/mol. The topological polar surface area (TPSA) is 63.4 Å². The van der Waals surface area contributed by atoms with Crippen LogP contribution in [0, 0.1) is 0 Å². The Kier molecular flexibility index (Phi) is 5.71. The lowest BCUT2D eigenvalue weighted by Gasteiger charge is -2.21. The molecule has 0 fully saturated rings. The summed E-state index contributed by atoms with van der Waals surface area (Å²) in [4.78, 5) is 25.4. The molecule has 0 heterocycles. The first-order valence-electron chi connectivity index (χ1n) is 5.91. The molecule has 0 spiro atoms. The zero-order valence-electron chi connectivity index (χ0n) is 10.4. The number of hydrogen-bond donors (Lipinski definition) is 2. The molecule has 0 aliphatic rings. The van der Waals surface area contributed by atoms with Crippen LogP contribution in [0.2, 0.25) is 0 Å². The molecule has 0 radical (unpaired) electrons. The Labute approximate surface area is 113 Å². The number of hydrogen-bond acceptors (Lipinski definition) is 3. The number of rotatable bonds is 6. The van der Waals surface area contributed by atoms with Gasteiger partial charge in [-0.15, -0.1) is 12.6 Å². The Morgan fingerprint density at radius 2 is 2.11 bits per heavy atom. The summed E-state index contributed by atoms with van der Waals surface area (Å²) < 4.78 is 0. The van der Waals surface area contributed by atoms with Gasteiger partial charge >= 0.3 is 0 Å². The molecule has 0 saturated carbocycles. The third-order valence-corrected chi connectivity index (χ3v) is 2.79. The van der Waals surface area contributed by atoms with Gasteiger partial charge in [0.1, 0.15) is 0 Å². The molecule has 2 amide bonds. The minimum absolute atomic E-state index is 0.0460. The van der Waals surface area contributed by atoms with Gasteiger partial charge in [-0.2, -0.15) is 0 Å². The van der Waals surface area contributed by atoms with Gasteiger partial charge in [0.2, 0.25) is 5.91 Å². The van der Waals surface area contributed by atoms with Crippen LogP contribution in [-0.2, 0) is 4.79 Å². The first-order chi connectivity index (χ1) is 8.54. The average Bonchev–Trinajstić information content (AvgIpc) is 2.33. The lowest BCUT2D eigenvalue weighted by atomic mass is 10.2. The van der Waals surface area contributed by atoms with Crippen LogP contribution in [0.15, 0.2) is 29.2 Å².